The maximum atomic E-state index is 13.2. The van der Waals surface area contributed by atoms with Gasteiger partial charge in [-0.15, -0.1) is 0 Å². The maximum absolute atomic E-state index is 13.2. The SMILES string of the molecule is CO[C@@H](C)/C(=N/C(=N)Nc1ccc(C)c(-c2cc3cnc(C)cc3n(C)c2=O)c1)C1CC1. The molecule has 0 radical (unpaired) electrons. The van der Waals surface area contributed by atoms with Crippen molar-refractivity contribution >= 4 is 28.3 Å². The second-order valence-corrected chi connectivity index (χ2v) is 8.50. The zero-order chi connectivity index (χ0) is 23.0. The standard InChI is InChI=1S/C25H29N5O2/c1-14-6-9-19(28-25(26)29-23(16(3)32-5)17-7-8-17)12-20(14)21-11-18-13-27-15(2)10-22(18)30(4)24(21)31/h6,9-13,16-17H,7-8H2,1-5H3,(H2,26,28)/b29-23-/t16-/m0/s1. The molecule has 2 aromatic heterocycles. The fourth-order valence-corrected chi connectivity index (χ4v) is 3.96. The number of aromatic nitrogens is 2. The normalized spacial score (nSPS) is 15.1. The summed E-state index contributed by atoms with van der Waals surface area (Å²) >= 11 is 0. The molecule has 1 aliphatic carbocycles. The van der Waals surface area contributed by atoms with E-state index in [1.165, 1.54) is 0 Å². The van der Waals surface area contributed by atoms with Gasteiger partial charge < -0.3 is 14.6 Å². The Kier molecular flexibility index (Phi) is 5.93. The van der Waals surface area contributed by atoms with Crippen molar-refractivity contribution in [1.82, 2.24) is 9.55 Å². The summed E-state index contributed by atoms with van der Waals surface area (Å²) in [5, 5.41) is 12.3. The molecule has 3 aromatic rings. The highest BCUT2D eigenvalue weighted by Gasteiger charge is 2.31. The van der Waals surface area contributed by atoms with Crippen LogP contribution in [0.2, 0.25) is 0 Å². The van der Waals surface area contributed by atoms with Crippen LogP contribution in [0.15, 0.2) is 46.3 Å². The number of fused-ring (bicyclic) bond motifs is 1. The van der Waals surface area contributed by atoms with Crippen molar-refractivity contribution in [2.45, 2.75) is 39.7 Å². The van der Waals surface area contributed by atoms with E-state index in [-0.39, 0.29) is 17.6 Å². The summed E-state index contributed by atoms with van der Waals surface area (Å²) < 4.78 is 7.09. The molecule has 7 heteroatoms. The number of anilines is 1. The first-order valence-corrected chi connectivity index (χ1v) is 10.8. The van der Waals surface area contributed by atoms with Crippen molar-refractivity contribution in [3.05, 3.63) is 58.1 Å². The number of ether oxygens (including phenoxy) is 1. The number of rotatable bonds is 5. The van der Waals surface area contributed by atoms with Gasteiger partial charge >= 0.3 is 0 Å². The molecule has 0 spiro atoms. The number of methoxy groups -OCH3 is 1. The maximum Gasteiger partial charge on any atom is 0.258 e. The molecule has 1 aromatic carbocycles. The van der Waals surface area contributed by atoms with Crippen LogP contribution in [0.1, 0.15) is 31.0 Å². The van der Waals surface area contributed by atoms with Crippen molar-refractivity contribution in [2.75, 3.05) is 12.4 Å². The Morgan fingerprint density at radius 2 is 2.00 bits per heavy atom. The van der Waals surface area contributed by atoms with Crippen molar-refractivity contribution in [2.24, 2.45) is 18.0 Å². The van der Waals surface area contributed by atoms with E-state index in [4.69, 9.17) is 10.1 Å². The zero-order valence-electron chi connectivity index (χ0n) is 19.2. The quantitative estimate of drug-likeness (QED) is 0.461. The van der Waals surface area contributed by atoms with Gasteiger partial charge in [-0.3, -0.25) is 15.2 Å². The van der Waals surface area contributed by atoms with E-state index >= 15 is 0 Å². The van der Waals surface area contributed by atoms with Crippen LogP contribution in [-0.4, -0.2) is 34.4 Å². The molecule has 1 saturated carbocycles. The molecule has 1 aliphatic rings. The largest absolute Gasteiger partial charge is 0.376 e. The highest BCUT2D eigenvalue weighted by atomic mass is 16.5. The number of nitrogens with zero attached hydrogens (tertiary/aromatic N) is 3. The number of hydrogen-bond donors (Lipinski definition) is 2. The van der Waals surface area contributed by atoms with Crippen LogP contribution >= 0.6 is 0 Å². The summed E-state index contributed by atoms with van der Waals surface area (Å²) in [6.45, 7) is 5.85. The van der Waals surface area contributed by atoms with E-state index in [0.717, 1.165) is 46.3 Å². The molecule has 1 atom stereocenters. The molecule has 4 rings (SSSR count). The van der Waals surface area contributed by atoms with Crippen LogP contribution in [0.5, 0.6) is 0 Å². The third-order valence-electron chi connectivity index (χ3n) is 6.04. The lowest BCUT2D eigenvalue weighted by Gasteiger charge is -2.15. The van der Waals surface area contributed by atoms with Crippen molar-refractivity contribution in [1.29, 1.82) is 5.41 Å². The van der Waals surface area contributed by atoms with E-state index in [0.29, 0.717) is 17.2 Å². The Hall–Kier alpha value is -3.32. The van der Waals surface area contributed by atoms with Gasteiger partial charge in [0.25, 0.3) is 5.56 Å². The van der Waals surface area contributed by atoms with Gasteiger partial charge in [0.2, 0.25) is 5.96 Å². The summed E-state index contributed by atoms with van der Waals surface area (Å²) in [5.74, 6) is 0.468. The van der Waals surface area contributed by atoms with Gasteiger partial charge in [-0.05, 0) is 69.0 Å². The first-order chi connectivity index (χ1) is 15.3. The molecule has 7 nitrogen and oxygen atoms in total. The third kappa shape index (κ3) is 4.34. The Labute approximate surface area is 187 Å². The second kappa shape index (κ2) is 8.67. The Morgan fingerprint density at radius 3 is 2.69 bits per heavy atom. The first-order valence-electron chi connectivity index (χ1n) is 10.8. The van der Waals surface area contributed by atoms with Crippen LogP contribution in [-0.2, 0) is 11.8 Å². The predicted molar refractivity (Wildman–Crippen MR) is 130 cm³/mol. The van der Waals surface area contributed by atoms with Gasteiger partial charge in [-0.2, -0.15) is 0 Å². The van der Waals surface area contributed by atoms with Crippen LogP contribution in [0.4, 0.5) is 5.69 Å². The van der Waals surface area contributed by atoms with Gasteiger partial charge in [0.05, 0.1) is 17.3 Å². The summed E-state index contributed by atoms with van der Waals surface area (Å²) in [5.41, 5.74) is 5.68. The van der Waals surface area contributed by atoms with Gasteiger partial charge in [-0.25, -0.2) is 4.99 Å². The van der Waals surface area contributed by atoms with Gasteiger partial charge in [0, 0.05) is 48.6 Å². The van der Waals surface area contributed by atoms with Gasteiger partial charge in [0.15, 0.2) is 0 Å². The Morgan fingerprint density at radius 1 is 1.25 bits per heavy atom. The smallest absolute Gasteiger partial charge is 0.258 e. The summed E-state index contributed by atoms with van der Waals surface area (Å²) in [4.78, 5) is 22.0. The second-order valence-electron chi connectivity index (χ2n) is 8.50. The molecule has 0 unspecified atom stereocenters. The van der Waals surface area contributed by atoms with Gasteiger partial charge in [-0.1, -0.05) is 6.07 Å². The van der Waals surface area contributed by atoms with E-state index < -0.39 is 0 Å². The molecular formula is C25H29N5O2. The summed E-state index contributed by atoms with van der Waals surface area (Å²) in [6, 6.07) is 9.57. The molecule has 0 saturated heterocycles. The summed E-state index contributed by atoms with van der Waals surface area (Å²) in [6.07, 6.45) is 3.87. The van der Waals surface area contributed by atoms with E-state index in [1.807, 2.05) is 51.1 Å². The average Bonchev–Trinajstić information content (AvgIpc) is 3.61. The lowest BCUT2D eigenvalue weighted by Crippen LogP contribution is -2.24. The topological polar surface area (TPSA) is 92.4 Å². The minimum Gasteiger partial charge on any atom is -0.376 e. The zero-order valence-corrected chi connectivity index (χ0v) is 19.2. The molecule has 0 bridgehead atoms. The average molecular weight is 432 g/mol. The van der Waals surface area contributed by atoms with E-state index in [9.17, 15) is 4.79 Å². The van der Waals surface area contributed by atoms with Crippen molar-refractivity contribution in [3.63, 3.8) is 0 Å². The molecule has 1 fully saturated rings. The first kappa shape index (κ1) is 21.9. The number of pyridine rings is 2. The lowest BCUT2D eigenvalue weighted by molar-refractivity contribution is 0.168. The predicted octanol–water partition coefficient (Wildman–Crippen LogP) is 4.45. The monoisotopic (exact) mass is 431 g/mol. The lowest BCUT2D eigenvalue weighted by atomic mass is 9.99. The van der Waals surface area contributed by atoms with E-state index in [1.54, 1.807) is 24.9 Å². The molecule has 32 heavy (non-hydrogen) atoms. The number of aryl methyl sites for hydroxylation is 3. The molecule has 0 amide bonds. The highest BCUT2D eigenvalue weighted by molar-refractivity contribution is 6.05. The molecule has 166 valence electrons. The van der Waals surface area contributed by atoms with Crippen molar-refractivity contribution < 1.29 is 4.74 Å². The fraction of sp³-hybridized carbons (Fsp3) is 0.360. The third-order valence-corrected chi connectivity index (χ3v) is 6.04. The number of guanidine groups is 1. The Bertz CT molecular complexity index is 1290. The highest BCUT2D eigenvalue weighted by Crippen LogP contribution is 2.33. The molecule has 2 heterocycles. The number of nitrogens with one attached hydrogen (secondary N) is 2. The summed E-state index contributed by atoms with van der Waals surface area (Å²) in [7, 11) is 3.44. The number of aliphatic imine (C=N–C) groups is 1. The number of benzene rings is 1. The van der Waals surface area contributed by atoms with Crippen molar-refractivity contribution in [3.8, 4) is 11.1 Å². The minimum atomic E-state index is -0.115. The minimum absolute atomic E-state index is 0.0664. The molecule has 0 aliphatic heterocycles. The van der Waals surface area contributed by atoms with Gasteiger partial charge in [0.1, 0.15) is 0 Å². The van der Waals surface area contributed by atoms with Crippen LogP contribution in [0.3, 0.4) is 0 Å². The molecular weight excluding hydrogens is 402 g/mol. The van der Waals surface area contributed by atoms with Crippen LogP contribution in [0.25, 0.3) is 22.0 Å². The Balaban J connectivity index is 1.69. The fourth-order valence-electron chi connectivity index (χ4n) is 3.96. The number of hydrogen-bond acceptors (Lipinski definition) is 4. The van der Waals surface area contributed by atoms with Crippen LogP contribution in [0, 0.1) is 25.2 Å². The molecule has 2 N–H and O–H groups in total. The van der Waals surface area contributed by atoms with Crippen LogP contribution < -0.4 is 10.9 Å². The van der Waals surface area contributed by atoms with E-state index in [2.05, 4.69) is 15.3 Å².